The Bertz CT molecular complexity index is 289. The molecule has 1 atom stereocenters. The molecule has 0 fully saturated rings. The SMILES string of the molecule is C#CCSCCNCC(NC(C)=O)C(=O)OC. The molecule has 0 aliphatic heterocycles. The number of amides is 1. The van der Waals surface area contributed by atoms with Crippen molar-refractivity contribution in [2.24, 2.45) is 0 Å². The summed E-state index contributed by atoms with van der Waals surface area (Å²) in [7, 11) is 1.29. The van der Waals surface area contributed by atoms with Gasteiger partial charge in [0.1, 0.15) is 6.04 Å². The minimum atomic E-state index is -0.643. The molecule has 17 heavy (non-hydrogen) atoms. The number of carbonyl (C=O) groups is 2. The second-order valence-corrected chi connectivity index (χ2v) is 4.34. The lowest BCUT2D eigenvalue weighted by atomic mass is 10.3. The molecule has 0 radical (unpaired) electrons. The fraction of sp³-hybridized carbons (Fsp3) is 0.636. The number of nitrogens with one attached hydrogen (secondary N) is 2. The van der Waals surface area contributed by atoms with E-state index in [4.69, 9.17) is 6.42 Å². The van der Waals surface area contributed by atoms with Gasteiger partial charge in [0.05, 0.1) is 12.9 Å². The van der Waals surface area contributed by atoms with Crippen molar-refractivity contribution in [1.82, 2.24) is 10.6 Å². The zero-order valence-electron chi connectivity index (χ0n) is 10.1. The van der Waals surface area contributed by atoms with Gasteiger partial charge in [-0.05, 0) is 0 Å². The maximum Gasteiger partial charge on any atom is 0.329 e. The number of hydrogen-bond acceptors (Lipinski definition) is 5. The van der Waals surface area contributed by atoms with Crippen molar-refractivity contribution < 1.29 is 14.3 Å². The van der Waals surface area contributed by atoms with Gasteiger partial charge in [0.25, 0.3) is 0 Å². The molecular formula is C11H18N2O3S. The number of carbonyl (C=O) groups excluding carboxylic acids is 2. The Kier molecular flexibility index (Phi) is 9.30. The van der Waals surface area contributed by atoms with E-state index in [9.17, 15) is 9.59 Å². The fourth-order valence-electron chi connectivity index (χ4n) is 1.10. The Balaban J connectivity index is 3.81. The summed E-state index contributed by atoms with van der Waals surface area (Å²) >= 11 is 1.63. The van der Waals surface area contributed by atoms with Crippen molar-refractivity contribution in [3.8, 4) is 12.3 Å². The van der Waals surface area contributed by atoms with Gasteiger partial charge in [-0.3, -0.25) is 4.79 Å². The van der Waals surface area contributed by atoms with Crippen molar-refractivity contribution in [2.75, 3.05) is 31.7 Å². The summed E-state index contributed by atoms with van der Waals surface area (Å²) in [6.07, 6.45) is 5.10. The van der Waals surface area contributed by atoms with E-state index in [2.05, 4.69) is 21.3 Å². The van der Waals surface area contributed by atoms with Crippen LogP contribution in [-0.2, 0) is 14.3 Å². The molecule has 1 unspecified atom stereocenters. The van der Waals surface area contributed by atoms with Gasteiger partial charge in [0.15, 0.2) is 0 Å². The molecule has 0 saturated carbocycles. The monoisotopic (exact) mass is 258 g/mol. The van der Waals surface area contributed by atoms with Gasteiger partial charge < -0.3 is 15.4 Å². The molecule has 0 aliphatic carbocycles. The Morgan fingerprint density at radius 2 is 2.24 bits per heavy atom. The number of thioether (sulfide) groups is 1. The predicted molar refractivity (Wildman–Crippen MR) is 68.6 cm³/mol. The first kappa shape index (κ1) is 15.8. The lowest BCUT2D eigenvalue weighted by molar-refractivity contribution is -0.144. The van der Waals surface area contributed by atoms with Crippen molar-refractivity contribution in [3.63, 3.8) is 0 Å². The third-order valence-electron chi connectivity index (χ3n) is 1.82. The lowest BCUT2D eigenvalue weighted by Crippen LogP contribution is -2.47. The standard InChI is InChI=1S/C11H18N2O3S/c1-4-6-17-7-5-12-8-10(11(15)16-3)13-9(2)14/h1,10,12H,5-8H2,2-3H3,(H,13,14). The third kappa shape index (κ3) is 8.60. The predicted octanol–water partition coefficient (Wildman–Crippen LogP) is -0.380. The van der Waals surface area contributed by atoms with E-state index in [1.807, 2.05) is 0 Å². The van der Waals surface area contributed by atoms with Gasteiger partial charge in [-0.1, -0.05) is 5.92 Å². The molecule has 0 spiro atoms. The van der Waals surface area contributed by atoms with Crippen LogP contribution in [0.5, 0.6) is 0 Å². The summed E-state index contributed by atoms with van der Waals surface area (Å²) in [6, 6.07) is -0.643. The van der Waals surface area contributed by atoms with Gasteiger partial charge in [0, 0.05) is 25.8 Å². The molecule has 0 aromatic heterocycles. The van der Waals surface area contributed by atoms with Gasteiger partial charge in [-0.15, -0.1) is 18.2 Å². The molecule has 0 bridgehead atoms. The molecule has 0 aliphatic rings. The van der Waals surface area contributed by atoms with E-state index < -0.39 is 12.0 Å². The Hall–Kier alpha value is -1.19. The van der Waals surface area contributed by atoms with Gasteiger partial charge in [0.2, 0.25) is 5.91 Å². The van der Waals surface area contributed by atoms with Crippen LogP contribution in [-0.4, -0.2) is 49.6 Å². The highest BCUT2D eigenvalue weighted by Gasteiger charge is 2.18. The number of methoxy groups -OCH3 is 1. The Labute approximate surface area is 106 Å². The second kappa shape index (κ2) is 10.00. The normalized spacial score (nSPS) is 11.4. The van der Waals surface area contributed by atoms with Crippen LogP contribution in [0, 0.1) is 12.3 Å². The molecule has 2 N–H and O–H groups in total. The van der Waals surface area contributed by atoms with E-state index in [-0.39, 0.29) is 5.91 Å². The fourth-order valence-corrected chi connectivity index (χ4v) is 1.65. The molecule has 0 rings (SSSR count). The molecule has 6 heteroatoms. The first-order chi connectivity index (χ1) is 8.11. The smallest absolute Gasteiger partial charge is 0.329 e. The Morgan fingerprint density at radius 1 is 1.53 bits per heavy atom. The van der Waals surface area contributed by atoms with Crippen LogP contribution in [0.1, 0.15) is 6.92 Å². The zero-order chi connectivity index (χ0) is 13.1. The minimum Gasteiger partial charge on any atom is -0.467 e. The quantitative estimate of drug-likeness (QED) is 0.353. The third-order valence-corrected chi connectivity index (χ3v) is 2.68. The topological polar surface area (TPSA) is 67.4 Å². The second-order valence-electron chi connectivity index (χ2n) is 3.24. The maximum absolute atomic E-state index is 11.3. The van der Waals surface area contributed by atoms with E-state index in [0.29, 0.717) is 12.3 Å². The lowest BCUT2D eigenvalue weighted by Gasteiger charge is -2.15. The molecular weight excluding hydrogens is 240 g/mol. The number of esters is 1. The number of ether oxygens (including phenoxy) is 1. The largest absolute Gasteiger partial charge is 0.467 e. The molecule has 1 amide bonds. The molecule has 0 saturated heterocycles. The van der Waals surface area contributed by atoms with Crippen molar-refractivity contribution in [1.29, 1.82) is 0 Å². The first-order valence-electron chi connectivity index (χ1n) is 5.18. The number of terminal acetylenes is 1. The van der Waals surface area contributed by atoms with Gasteiger partial charge in [-0.2, -0.15) is 0 Å². The highest BCUT2D eigenvalue weighted by atomic mass is 32.2. The summed E-state index contributed by atoms with van der Waals surface area (Å²) in [5.74, 6) is 3.34. The van der Waals surface area contributed by atoms with Crippen LogP contribution < -0.4 is 10.6 Å². The van der Waals surface area contributed by atoms with E-state index in [1.165, 1.54) is 14.0 Å². The van der Waals surface area contributed by atoms with E-state index in [0.717, 1.165) is 12.3 Å². The summed E-state index contributed by atoms with van der Waals surface area (Å²) < 4.78 is 4.58. The van der Waals surface area contributed by atoms with E-state index >= 15 is 0 Å². The molecule has 0 heterocycles. The van der Waals surface area contributed by atoms with E-state index in [1.54, 1.807) is 11.8 Å². The summed E-state index contributed by atoms with van der Waals surface area (Å²) in [4.78, 5) is 22.2. The van der Waals surface area contributed by atoms with Crippen LogP contribution in [0.15, 0.2) is 0 Å². The average Bonchev–Trinajstić information content (AvgIpc) is 2.30. The number of hydrogen-bond donors (Lipinski definition) is 2. The van der Waals surface area contributed by atoms with Crippen LogP contribution in [0.25, 0.3) is 0 Å². The van der Waals surface area contributed by atoms with Crippen LogP contribution in [0.3, 0.4) is 0 Å². The van der Waals surface area contributed by atoms with Crippen LogP contribution >= 0.6 is 11.8 Å². The average molecular weight is 258 g/mol. The minimum absolute atomic E-state index is 0.260. The van der Waals surface area contributed by atoms with Crippen LogP contribution in [0.2, 0.25) is 0 Å². The highest BCUT2D eigenvalue weighted by Crippen LogP contribution is 1.95. The molecule has 0 aromatic rings. The maximum atomic E-state index is 11.3. The van der Waals surface area contributed by atoms with Crippen molar-refractivity contribution >= 4 is 23.6 Å². The molecule has 0 aromatic carbocycles. The highest BCUT2D eigenvalue weighted by molar-refractivity contribution is 7.99. The van der Waals surface area contributed by atoms with Crippen molar-refractivity contribution in [2.45, 2.75) is 13.0 Å². The Morgan fingerprint density at radius 3 is 2.76 bits per heavy atom. The summed E-state index contributed by atoms with van der Waals surface area (Å²) in [6.45, 7) is 2.43. The number of rotatable bonds is 8. The summed E-state index contributed by atoms with van der Waals surface area (Å²) in [5, 5.41) is 5.58. The van der Waals surface area contributed by atoms with Crippen molar-refractivity contribution in [3.05, 3.63) is 0 Å². The molecule has 5 nitrogen and oxygen atoms in total. The zero-order valence-corrected chi connectivity index (χ0v) is 10.9. The van der Waals surface area contributed by atoms with Crippen LogP contribution in [0.4, 0.5) is 0 Å². The summed E-state index contributed by atoms with van der Waals surface area (Å²) in [5.41, 5.74) is 0. The van der Waals surface area contributed by atoms with Gasteiger partial charge in [-0.25, -0.2) is 4.79 Å². The molecule has 96 valence electrons. The first-order valence-corrected chi connectivity index (χ1v) is 6.34. The van der Waals surface area contributed by atoms with Gasteiger partial charge >= 0.3 is 5.97 Å².